The van der Waals surface area contributed by atoms with Gasteiger partial charge in [0.05, 0.1) is 16.0 Å². The summed E-state index contributed by atoms with van der Waals surface area (Å²) in [5, 5.41) is 2.18. The molecule has 9 nitrogen and oxygen atoms in total. The first-order chi connectivity index (χ1) is 16.6. The third-order valence-electron chi connectivity index (χ3n) is 6.02. The number of fused-ring (bicyclic) bond motifs is 1. The van der Waals surface area contributed by atoms with Crippen molar-refractivity contribution in [2.75, 3.05) is 5.75 Å². The van der Waals surface area contributed by atoms with Gasteiger partial charge in [0.15, 0.2) is 0 Å². The van der Waals surface area contributed by atoms with Gasteiger partial charge in [-0.3, -0.25) is 33.9 Å². The van der Waals surface area contributed by atoms with Crippen molar-refractivity contribution < 1.29 is 32.1 Å². The highest BCUT2D eigenvalue weighted by molar-refractivity contribution is 7.99. The van der Waals surface area contributed by atoms with Gasteiger partial charge in [0, 0.05) is 11.3 Å². The Balaban J connectivity index is 1.41. The summed E-state index contributed by atoms with van der Waals surface area (Å²) < 4.78 is 32.7. The zero-order chi connectivity index (χ0) is 25.3. The average Bonchev–Trinajstić information content (AvgIpc) is 3.04. The Morgan fingerprint density at radius 2 is 1.86 bits per heavy atom. The number of aryl methyl sites for hydroxylation is 2. The van der Waals surface area contributed by atoms with Crippen LogP contribution >= 0.6 is 11.8 Å². The zero-order valence-corrected chi connectivity index (χ0v) is 20.6. The molecular weight excluding hydrogens is 492 g/mol. The highest BCUT2D eigenvalue weighted by atomic mass is 32.2. The molecule has 0 bridgehead atoms. The molecule has 0 saturated carbocycles. The first-order valence-corrected chi connectivity index (χ1v) is 13.5. The quantitative estimate of drug-likeness (QED) is 0.236. The number of hydrogen-bond acceptors (Lipinski definition) is 7. The summed E-state index contributed by atoms with van der Waals surface area (Å²) in [5.74, 6) is -1.54. The Labute approximate surface area is 207 Å². The summed E-state index contributed by atoms with van der Waals surface area (Å²) in [4.78, 5) is 51.2. The van der Waals surface area contributed by atoms with Crippen LogP contribution in [-0.4, -0.2) is 53.3 Å². The van der Waals surface area contributed by atoms with Crippen molar-refractivity contribution in [3.05, 3.63) is 58.7 Å². The SMILES string of the molecule is Cc1ccc(S(=O)(=O)O)c(CCCCSc2cccc3c2C(=O)N(C2CCC(=O)NC2=O)C3=O)c1. The fraction of sp³-hybridized carbons (Fsp3) is 0.333. The van der Waals surface area contributed by atoms with Crippen LogP contribution in [0.5, 0.6) is 0 Å². The first kappa shape index (κ1) is 25.1. The number of carbonyl (C=O) groups excluding carboxylic acids is 4. The summed E-state index contributed by atoms with van der Waals surface area (Å²) in [6.07, 6.45) is 1.98. The van der Waals surface area contributed by atoms with E-state index in [9.17, 15) is 32.1 Å². The van der Waals surface area contributed by atoms with Crippen LogP contribution in [0.15, 0.2) is 46.2 Å². The van der Waals surface area contributed by atoms with Crippen molar-refractivity contribution in [1.82, 2.24) is 10.2 Å². The molecule has 1 unspecified atom stereocenters. The van der Waals surface area contributed by atoms with E-state index in [0.717, 1.165) is 10.5 Å². The Morgan fingerprint density at radius 3 is 2.57 bits per heavy atom. The number of nitrogens with zero attached hydrogens (tertiary/aromatic N) is 1. The molecule has 0 spiro atoms. The van der Waals surface area contributed by atoms with Crippen LogP contribution in [0, 0.1) is 6.92 Å². The topological polar surface area (TPSA) is 138 Å². The average molecular weight is 517 g/mol. The van der Waals surface area contributed by atoms with Crippen LogP contribution < -0.4 is 5.32 Å². The van der Waals surface area contributed by atoms with E-state index in [0.29, 0.717) is 35.5 Å². The minimum absolute atomic E-state index is 0.0612. The van der Waals surface area contributed by atoms with Gasteiger partial charge in [-0.05, 0) is 62.1 Å². The van der Waals surface area contributed by atoms with E-state index >= 15 is 0 Å². The third kappa shape index (κ3) is 5.16. The first-order valence-electron chi connectivity index (χ1n) is 11.1. The molecule has 0 aliphatic carbocycles. The fourth-order valence-electron chi connectivity index (χ4n) is 4.36. The van der Waals surface area contributed by atoms with Crippen LogP contribution in [0.1, 0.15) is 57.5 Å². The summed E-state index contributed by atoms with van der Waals surface area (Å²) in [5.41, 5.74) is 1.95. The van der Waals surface area contributed by atoms with E-state index < -0.39 is 39.8 Å². The molecule has 1 atom stereocenters. The molecule has 2 heterocycles. The minimum Gasteiger partial charge on any atom is -0.295 e. The van der Waals surface area contributed by atoms with Crippen LogP contribution in [0.2, 0.25) is 0 Å². The number of imide groups is 2. The standard InChI is InChI=1S/C24H24N2O7S2/c1-14-8-10-19(35(31,32)33)15(13-14)5-2-3-12-34-18-7-4-6-16-21(18)24(30)26(23(16)29)17-9-11-20(27)25-22(17)28/h4,6-8,10,13,17H,2-3,5,9,11-12H2,1H3,(H,25,27,28)(H,31,32,33). The van der Waals surface area contributed by atoms with Crippen LogP contribution in [0.3, 0.4) is 0 Å². The van der Waals surface area contributed by atoms with Crippen LogP contribution in [0.25, 0.3) is 0 Å². The second-order valence-corrected chi connectivity index (χ2v) is 11.0. The Hall–Kier alpha value is -3.02. The number of amides is 4. The predicted molar refractivity (Wildman–Crippen MR) is 128 cm³/mol. The Bertz CT molecular complexity index is 1340. The van der Waals surface area contributed by atoms with Gasteiger partial charge in [-0.2, -0.15) is 8.42 Å². The second-order valence-electron chi connectivity index (χ2n) is 8.52. The molecule has 2 aliphatic heterocycles. The lowest BCUT2D eigenvalue weighted by molar-refractivity contribution is -0.136. The van der Waals surface area contributed by atoms with E-state index in [1.54, 1.807) is 30.3 Å². The molecule has 184 valence electrons. The molecule has 1 fully saturated rings. The van der Waals surface area contributed by atoms with Crippen molar-refractivity contribution in [1.29, 1.82) is 0 Å². The second kappa shape index (κ2) is 9.92. The van der Waals surface area contributed by atoms with E-state index in [1.165, 1.54) is 17.8 Å². The van der Waals surface area contributed by atoms with E-state index in [2.05, 4.69) is 5.32 Å². The molecule has 2 aromatic rings. The monoisotopic (exact) mass is 516 g/mol. The van der Waals surface area contributed by atoms with Crippen molar-refractivity contribution in [2.24, 2.45) is 0 Å². The molecule has 4 rings (SSSR count). The predicted octanol–water partition coefficient (Wildman–Crippen LogP) is 2.76. The number of thioether (sulfide) groups is 1. The van der Waals surface area contributed by atoms with Gasteiger partial charge in [0.2, 0.25) is 11.8 Å². The Kier molecular flexibility index (Phi) is 7.11. The number of nitrogens with one attached hydrogen (secondary N) is 1. The van der Waals surface area contributed by atoms with E-state index in [1.807, 2.05) is 6.92 Å². The van der Waals surface area contributed by atoms with Gasteiger partial charge in [0.25, 0.3) is 21.9 Å². The maximum absolute atomic E-state index is 13.1. The molecule has 2 N–H and O–H groups in total. The van der Waals surface area contributed by atoms with Crippen molar-refractivity contribution in [3.8, 4) is 0 Å². The molecule has 0 radical (unpaired) electrons. The molecule has 0 aromatic heterocycles. The van der Waals surface area contributed by atoms with Gasteiger partial charge < -0.3 is 0 Å². The maximum Gasteiger partial charge on any atom is 0.294 e. The molecular formula is C24H24N2O7S2. The molecule has 1 saturated heterocycles. The molecule has 4 amide bonds. The van der Waals surface area contributed by atoms with Crippen LogP contribution in [0.4, 0.5) is 0 Å². The van der Waals surface area contributed by atoms with Gasteiger partial charge in [-0.1, -0.05) is 23.8 Å². The lowest BCUT2D eigenvalue weighted by Gasteiger charge is -2.27. The number of rotatable bonds is 8. The molecule has 2 aliphatic rings. The van der Waals surface area contributed by atoms with Gasteiger partial charge >= 0.3 is 0 Å². The van der Waals surface area contributed by atoms with E-state index in [-0.39, 0.29) is 28.9 Å². The van der Waals surface area contributed by atoms with Crippen molar-refractivity contribution >= 4 is 45.5 Å². The lowest BCUT2D eigenvalue weighted by atomic mass is 10.0. The highest BCUT2D eigenvalue weighted by Crippen LogP contribution is 2.35. The summed E-state index contributed by atoms with van der Waals surface area (Å²) in [6, 6.07) is 8.76. The summed E-state index contributed by atoms with van der Waals surface area (Å²) in [7, 11) is -4.30. The summed E-state index contributed by atoms with van der Waals surface area (Å²) in [6.45, 7) is 1.85. The number of unbranched alkanes of at least 4 members (excludes halogenated alkanes) is 1. The van der Waals surface area contributed by atoms with Crippen molar-refractivity contribution in [2.45, 2.75) is 54.9 Å². The van der Waals surface area contributed by atoms with Crippen molar-refractivity contribution in [3.63, 3.8) is 0 Å². The number of piperidine rings is 1. The lowest BCUT2D eigenvalue weighted by Crippen LogP contribution is -2.54. The maximum atomic E-state index is 13.1. The van der Waals surface area contributed by atoms with Gasteiger partial charge in [-0.15, -0.1) is 11.8 Å². The molecule has 11 heteroatoms. The van der Waals surface area contributed by atoms with Gasteiger partial charge in [-0.25, -0.2) is 0 Å². The largest absolute Gasteiger partial charge is 0.295 e. The number of hydrogen-bond donors (Lipinski definition) is 2. The zero-order valence-electron chi connectivity index (χ0n) is 18.9. The normalized spacial score (nSPS) is 18.1. The summed E-state index contributed by atoms with van der Waals surface area (Å²) >= 11 is 1.41. The van der Waals surface area contributed by atoms with Crippen LogP contribution in [-0.2, 0) is 26.1 Å². The number of benzene rings is 2. The highest BCUT2D eigenvalue weighted by Gasteiger charge is 2.45. The smallest absolute Gasteiger partial charge is 0.294 e. The fourth-order valence-corrected chi connectivity index (χ4v) is 6.18. The third-order valence-corrected chi connectivity index (χ3v) is 8.12. The Morgan fingerprint density at radius 1 is 1.09 bits per heavy atom. The minimum atomic E-state index is -4.30. The van der Waals surface area contributed by atoms with Gasteiger partial charge in [0.1, 0.15) is 6.04 Å². The molecule has 35 heavy (non-hydrogen) atoms. The number of carbonyl (C=O) groups is 4. The molecule has 2 aromatic carbocycles. The van der Waals surface area contributed by atoms with E-state index in [4.69, 9.17) is 0 Å².